The smallest absolute Gasteiger partial charge is 0.212 e. The number of ether oxygens (including phenoxy) is 1. The van der Waals surface area contributed by atoms with Crippen molar-refractivity contribution in [2.75, 3.05) is 19.0 Å². The zero-order chi connectivity index (χ0) is 13.7. The van der Waals surface area contributed by atoms with Crippen molar-refractivity contribution >= 4 is 21.7 Å². The van der Waals surface area contributed by atoms with E-state index in [1.54, 1.807) is 25.6 Å². The minimum atomic E-state index is 0.574. The molecule has 0 saturated heterocycles. The van der Waals surface area contributed by atoms with Gasteiger partial charge in [-0.3, -0.25) is 0 Å². The second-order valence-electron chi connectivity index (χ2n) is 3.91. The fourth-order valence-corrected chi connectivity index (χ4v) is 1.84. The molecule has 6 heteroatoms. The molecule has 0 atom stereocenters. The first-order valence-electron chi connectivity index (χ1n) is 6.01. The lowest BCUT2D eigenvalue weighted by Gasteiger charge is -2.08. The molecule has 100 valence electrons. The largest absolute Gasteiger partial charge is 0.481 e. The molecule has 5 nitrogen and oxygen atoms in total. The maximum absolute atomic E-state index is 5.03. The highest BCUT2D eigenvalue weighted by Crippen LogP contribution is 2.23. The van der Waals surface area contributed by atoms with E-state index in [0.29, 0.717) is 11.7 Å². The van der Waals surface area contributed by atoms with E-state index in [2.05, 4.69) is 43.1 Å². The third kappa shape index (κ3) is 3.41. The molecule has 0 saturated carbocycles. The summed E-state index contributed by atoms with van der Waals surface area (Å²) in [5, 5.41) is 3.25. The summed E-state index contributed by atoms with van der Waals surface area (Å²) in [6, 6.07) is 3.68. The third-order valence-corrected chi connectivity index (χ3v) is 3.07. The molecule has 0 aliphatic heterocycles. The standard InChI is InChI=1S/C13H15BrN4O/c1-3-6-15-13-10(14)8-17-12(18-13)9-4-5-11(19-2)16-7-9/h4-5,7-8H,3,6H2,1-2H3,(H,15,17,18). The summed E-state index contributed by atoms with van der Waals surface area (Å²) in [7, 11) is 1.59. The van der Waals surface area contributed by atoms with Gasteiger partial charge in [0.2, 0.25) is 5.88 Å². The highest BCUT2D eigenvalue weighted by molar-refractivity contribution is 9.10. The molecular formula is C13H15BrN4O. The molecule has 1 N–H and O–H groups in total. The van der Waals surface area contributed by atoms with Crippen molar-refractivity contribution in [3.63, 3.8) is 0 Å². The van der Waals surface area contributed by atoms with E-state index in [0.717, 1.165) is 28.8 Å². The van der Waals surface area contributed by atoms with Crippen LogP contribution in [0, 0.1) is 0 Å². The maximum Gasteiger partial charge on any atom is 0.212 e. The SMILES string of the molecule is CCCNc1nc(-c2ccc(OC)nc2)ncc1Br. The normalized spacial score (nSPS) is 10.3. The summed E-state index contributed by atoms with van der Waals surface area (Å²) in [5.74, 6) is 2.00. The van der Waals surface area contributed by atoms with Crippen LogP contribution in [0.25, 0.3) is 11.4 Å². The van der Waals surface area contributed by atoms with E-state index >= 15 is 0 Å². The Kier molecular flexibility index (Phi) is 4.68. The van der Waals surface area contributed by atoms with Crippen molar-refractivity contribution in [2.45, 2.75) is 13.3 Å². The summed E-state index contributed by atoms with van der Waals surface area (Å²) in [6.07, 6.45) is 4.48. The van der Waals surface area contributed by atoms with E-state index in [1.165, 1.54) is 0 Å². The lowest BCUT2D eigenvalue weighted by Crippen LogP contribution is -2.04. The van der Waals surface area contributed by atoms with Crippen LogP contribution in [-0.4, -0.2) is 28.6 Å². The Morgan fingerprint density at radius 3 is 2.74 bits per heavy atom. The van der Waals surface area contributed by atoms with Gasteiger partial charge < -0.3 is 10.1 Å². The molecular weight excluding hydrogens is 308 g/mol. The molecule has 0 fully saturated rings. The van der Waals surface area contributed by atoms with Gasteiger partial charge in [0.05, 0.1) is 11.6 Å². The quantitative estimate of drug-likeness (QED) is 0.916. The predicted octanol–water partition coefficient (Wildman–Crippen LogP) is 3.13. The second-order valence-corrected chi connectivity index (χ2v) is 4.76. The summed E-state index contributed by atoms with van der Waals surface area (Å²) in [6.45, 7) is 2.98. The van der Waals surface area contributed by atoms with E-state index in [1.807, 2.05) is 6.07 Å². The molecule has 2 heterocycles. The number of methoxy groups -OCH3 is 1. The van der Waals surface area contributed by atoms with E-state index in [4.69, 9.17) is 4.74 Å². The lowest BCUT2D eigenvalue weighted by molar-refractivity contribution is 0.398. The zero-order valence-corrected chi connectivity index (χ0v) is 12.4. The first-order valence-corrected chi connectivity index (χ1v) is 6.80. The average Bonchev–Trinajstić information content (AvgIpc) is 2.46. The number of rotatable bonds is 5. The Labute approximate surface area is 120 Å². The third-order valence-electron chi connectivity index (χ3n) is 2.49. The molecule has 0 bridgehead atoms. The summed E-state index contributed by atoms with van der Waals surface area (Å²) >= 11 is 3.43. The van der Waals surface area contributed by atoms with Crippen LogP contribution in [0.5, 0.6) is 5.88 Å². The van der Waals surface area contributed by atoms with Crippen molar-refractivity contribution in [3.05, 3.63) is 29.0 Å². The minimum Gasteiger partial charge on any atom is -0.481 e. The van der Waals surface area contributed by atoms with Gasteiger partial charge >= 0.3 is 0 Å². The molecule has 0 aliphatic carbocycles. The molecule has 2 aromatic heterocycles. The van der Waals surface area contributed by atoms with E-state index < -0.39 is 0 Å². The van der Waals surface area contributed by atoms with Crippen LogP contribution in [0.4, 0.5) is 5.82 Å². The van der Waals surface area contributed by atoms with Crippen LogP contribution < -0.4 is 10.1 Å². The van der Waals surface area contributed by atoms with E-state index in [-0.39, 0.29) is 0 Å². The first kappa shape index (κ1) is 13.7. The number of halogens is 1. The Bertz CT molecular complexity index is 545. The van der Waals surface area contributed by atoms with Crippen LogP contribution in [0.2, 0.25) is 0 Å². The van der Waals surface area contributed by atoms with Crippen LogP contribution in [0.1, 0.15) is 13.3 Å². The van der Waals surface area contributed by atoms with Crippen LogP contribution >= 0.6 is 15.9 Å². The second kappa shape index (κ2) is 6.47. The Morgan fingerprint density at radius 2 is 2.11 bits per heavy atom. The number of nitrogens with one attached hydrogen (secondary N) is 1. The van der Waals surface area contributed by atoms with Crippen molar-refractivity contribution in [2.24, 2.45) is 0 Å². The average molecular weight is 323 g/mol. The Balaban J connectivity index is 2.28. The summed E-state index contributed by atoms with van der Waals surface area (Å²) in [5.41, 5.74) is 0.854. The Morgan fingerprint density at radius 1 is 1.26 bits per heavy atom. The van der Waals surface area contributed by atoms with E-state index in [9.17, 15) is 0 Å². The van der Waals surface area contributed by atoms with Crippen molar-refractivity contribution in [1.82, 2.24) is 15.0 Å². The molecule has 0 unspecified atom stereocenters. The molecule has 2 aromatic rings. The zero-order valence-electron chi connectivity index (χ0n) is 10.9. The number of anilines is 1. The van der Waals surface area contributed by atoms with Gasteiger partial charge in [0, 0.05) is 30.6 Å². The summed E-state index contributed by atoms with van der Waals surface area (Å²) in [4.78, 5) is 12.9. The number of nitrogens with zero attached hydrogens (tertiary/aromatic N) is 3. The van der Waals surface area contributed by atoms with Gasteiger partial charge in [-0.25, -0.2) is 15.0 Å². The Hall–Kier alpha value is -1.69. The number of hydrogen-bond acceptors (Lipinski definition) is 5. The number of hydrogen-bond donors (Lipinski definition) is 1. The van der Waals surface area contributed by atoms with Crippen molar-refractivity contribution < 1.29 is 4.74 Å². The highest BCUT2D eigenvalue weighted by Gasteiger charge is 2.07. The van der Waals surface area contributed by atoms with Gasteiger partial charge in [-0.05, 0) is 28.4 Å². The monoisotopic (exact) mass is 322 g/mol. The molecule has 0 amide bonds. The lowest BCUT2D eigenvalue weighted by atomic mass is 10.2. The first-order chi connectivity index (χ1) is 9.24. The molecule has 19 heavy (non-hydrogen) atoms. The maximum atomic E-state index is 5.03. The predicted molar refractivity (Wildman–Crippen MR) is 78.3 cm³/mol. The number of aromatic nitrogens is 3. The fraction of sp³-hybridized carbons (Fsp3) is 0.308. The van der Waals surface area contributed by atoms with Crippen molar-refractivity contribution in [1.29, 1.82) is 0 Å². The highest BCUT2D eigenvalue weighted by atomic mass is 79.9. The van der Waals surface area contributed by atoms with Crippen molar-refractivity contribution in [3.8, 4) is 17.3 Å². The van der Waals surface area contributed by atoms with Gasteiger partial charge in [-0.2, -0.15) is 0 Å². The van der Waals surface area contributed by atoms with Gasteiger partial charge in [0.15, 0.2) is 5.82 Å². The topological polar surface area (TPSA) is 59.9 Å². The molecule has 0 aromatic carbocycles. The van der Waals surface area contributed by atoms with Crippen LogP contribution in [0.3, 0.4) is 0 Å². The van der Waals surface area contributed by atoms with Gasteiger partial charge in [-0.15, -0.1) is 0 Å². The summed E-state index contributed by atoms with van der Waals surface area (Å²) < 4.78 is 5.88. The molecule has 0 radical (unpaired) electrons. The number of pyridine rings is 1. The van der Waals surface area contributed by atoms with Crippen LogP contribution in [0.15, 0.2) is 29.0 Å². The fourth-order valence-electron chi connectivity index (χ4n) is 1.51. The van der Waals surface area contributed by atoms with Crippen LogP contribution in [-0.2, 0) is 0 Å². The minimum absolute atomic E-state index is 0.574. The molecule has 0 aliphatic rings. The molecule has 0 spiro atoms. The van der Waals surface area contributed by atoms with Gasteiger partial charge in [0.25, 0.3) is 0 Å². The van der Waals surface area contributed by atoms with Gasteiger partial charge in [-0.1, -0.05) is 6.92 Å². The molecule has 2 rings (SSSR count). The van der Waals surface area contributed by atoms with Gasteiger partial charge in [0.1, 0.15) is 5.82 Å².